The normalized spacial score (nSPS) is 12.8. The van der Waals surface area contributed by atoms with Crippen molar-refractivity contribution in [1.29, 1.82) is 0 Å². The van der Waals surface area contributed by atoms with Gasteiger partial charge >= 0.3 is 0 Å². The van der Waals surface area contributed by atoms with E-state index < -0.39 is 6.04 Å². The highest BCUT2D eigenvalue weighted by molar-refractivity contribution is 5.95. The fourth-order valence-corrected chi connectivity index (χ4v) is 2.87. The van der Waals surface area contributed by atoms with Gasteiger partial charge in [-0.3, -0.25) is 10.1 Å². The first-order valence-electron chi connectivity index (χ1n) is 9.59. The molecule has 1 amide bonds. The number of hydrogen-bond donors (Lipinski definition) is 2. The fourth-order valence-electron chi connectivity index (χ4n) is 2.87. The van der Waals surface area contributed by atoms with Crippen molar-refractivity contribution in [3.05, 3.63) is 48.0 Å². The maximum absolute atomic E-state index is 12.6. The lowest BCUT2D eigenvalue weighted by atomic mass is 10.1. The maximum atomic E-state index is 12.6. The Kier molecular flexibility index (Phi) is 8.14. The molecule has 0 bridgehead atoms. The van der Waals surface area contributed by atoms with Gasteiger partial charge in [0, 0.05) is 6.04 Å². The highest BCUT2D eigenvalue weighted by atomic mass is 16.5. The number of ether oxygens (including phenoxy) is 3. The van der Waals surface area contributed by atoms with Crippen LogP contribution in [0.1, 0.15) is 39.3 Å². The largest absolute Gasteiger partial charge is 0.495 e. The summed E-state index contributed by atoms with van der Waals surface area (Å²) in [5.74, 6) is 1.93. The van der Waals surface area contributed by atoms with Gasteiger partial charge in [0.2, 0.25) is 5.91 Å². The zero-order valence-electron chi connectivity index (χ0n) is 17.2. The van der Waals surface area contributed by atoms with Crippen LogP contribution in [-0.4, -0.2) is 32.3 Å². The van der Waals surface area contributed by atoms with E-state index in [4.69, 9.17) is 14.2 Å². The molecule has 0 saturated heterocycles. The van der Waals surface area contributed by atoms with E-state index in [0.717, 1.165) is 11.3 Å². The first-order chi connectivity index (χ1) is 13.5. The monoisotopic (exact) mass is 386 g/mol. The van der Waals surface area contributed by atoms with Gasteiger partial charge < -0.3 is 19.5 Å². The van der Waals surface area contributed by atoms with Crippen LogP contribution in [0.15, 0.2) is 42.5 Å². The second kappa shape index (κ2) is 10.6. The van der Waals surface area contributed by atoms with Crippen LogP contribution in [0, 0.1) is 0 Å². The second-order valence-electron chi connectivity index (χ2n) is 6.37. The Morgan fingerprint density at radius 3 is 2.32 bits per heavy atom. The summed E-state index contributed by atoms with van der Waals surface area (Å²) in [6.07, 6.45) is 0. The van der Waals surface area contributed by atoms with Crippen molar-refractivity contribution in [3.63, 3.8) is 0 Å². The predicted octanol–water partition coefficient (Wildman–Crippen LogP) is 4.17. The van der Waals surface area contributed by atoms with E-state index in [1.165, 1.54) is 0 Å². The molecule has 0 aromatic heterocycles. The van der Waals surface area contributed by atoms with Crippen LogP contribution >= 0.6 is 0 Å². The van der Waals surface area contributed by atoms with E-state index in [0.29, 0.717) is 30.4 Å². The topological polar surface area (TPSA) is 68.8 Å². The van der Waals surface area contributed by atoms with Gasteiger partial charge in [-0.15, -0.1) is 0 Å². The van der Waals surface area contributed by atoms with E-state index in [1.54, 1.807) is 7.11 Å². The fraction of sp³-hybridized carbons (Fsp3) is 0.409. The van der Waals surface area contributed by atoms with E-state index >= 15 is 0 Å². The Morgan fingerprint density at radius 2 is 1.64 bits per heavy atom. The van der Waals surface area contributed by atoms with E-state index in [2.05, 4.69) is 10.6 Å². The third-order valence-corrected chi connectivity index (χ3v) is 4.33. The molecule has 0 fully saturated rings. The third-order valence-electron chi connectivity index (χ3n) is 4.33. The number of carbonyl (C=O) groups is 1. The number of rotatable bonds is 10. The molecule has 28 heavy (non-hydrogen) atoms. The van der Waals surface area contributed by atoms with Crippen LogP contribution < -0.4 is 24.8 Å². The van der Waals surface area contributed by atoms with Crippen molar-refractivity contribution in [2.75, 3.05) is 25.6 Å². The van der Waals surface area contributed by atoms with Crippen molar-refractivity contribution >= 4 is 11.6 Å². The molecule has 2 rings (SSSR count). The zero-order valence-corrected chi connectivity index (χ0v) is 17.2. The minimum absolute atomic E-state index is 0.0479. The van der Waals surface area contributed by atoms with Crippen molar-refractivity contribution in [1.82, 2.24) is 5.32 Å². The van der Waals surface area contributed by atoms with E-state index in [1.807, 2.05) is 70.2 Å². The number of amides is 1. The summed E-state index contributed by atoms with van der Waals surface area (Å²) in [5, 5.41) is 6.23. The Bertz CT molecular complexity index is 779. The van der Waals surface area contributed by atoms with Gasteiger partial charge in [-0.05, 0) is 57.5 Å². The lowest BCUT2D eigenvalue weighted by molar-refractivity contribution is -0.117. The number of para-hydroxylation sites is 2. The zero-order chi connectivity index (χ0) is 20.5. The van der Waals surface area contributed by atoms with Crippen LogP contribution in [0.3, 0.4) is 0 Å². The van der Waals surface area contributed by atoms with E-state index in [9.17, 15) is 4.79 Å². The summed E-state index contributed by atoms with van der Waals surface area (Å²) >= 11 is 0. The molecule has 0 aliphatic rings. The molecule has 2 N–H and O–H groups in total. The lowest BCUT2D eigenvalue weighted by Crippen LogP contribution is -2.39. The molecule has 0 spiro atoms. The SMILES string of the molecule is CCOc1ccc([C@H](C)N[C@H](C)C(=O)Nc2ccccc2OC)cc1OCC. The van der Waals surface area contributed by atoms with Gasteiger partial charge in [0.1, 0.15) is 5.75 Å². The molecule has 0 aliphatic heterocycles. The van der Waals surface area contributed by atoms with Crippen molar-refractivity contribution < 1.29 is 19.0 Å². The number of carbonyl (C=O) groups excluding carboxylic acids is 1. The van der Waals surface area contributed by atoms with Crippen molar-refractivity contribution in [3.8, 4) is 17.2 Å². The van der Waals surface area contributed by atoms with Crippen LogP contribution in [0.4, 0.5) is 5.69 Å². The molecule has 6 heteroatoms. The quantitative estimate of drug-likeness (QED) is 0.641. The number of methoxy groups -OCH3 is 1. The minimum atomic E-state index is -0.401. The van der Waals surface area contributed by atoms with Gasteiger partial charge in [-0.2, -0.15) is 0 Å². The van der Waals surface area contributed by atoms with Crippen LogP contribution in [0.25, 0.3) is 0 Å². The highest BCUT2D eigenvalue weighted by Gasteiger charge is 2.19. The van der Waals surface area contributed by atoms with Gasteiger partial charge in [0.15, 0.2) is 11.5 Å². The summed E-state index contributed by atoms with van der Waals surface area (Å²) in [7, 11) is 1.58. The molecule has 0 heterocycles. The summed E-state index contributed by atoms with van der Waals surface area (Å²) in [6.45, 7) is 8.86. The van der Waals surface area contributed by atoms with Gasteiger partial charge in [0.05, 0.1) is 32.1 Å². The number of hydrogen-bond acceptors (Lipinski definition) is 5. The first-order valence-corrected chi connectivity index (χ1v) is 9.59. The Morgan fingerprint density at radius 1 is 0.964 bits per heavy atom. The Balaban J connectivity index is 2.05. The Labute approximate surface area is 167 Å². The summed E-state index contributed by atoms with van der Waals surface area (Å²) in [6, 6.07) is 12.7. The molecule has 2 aromatic rings. The smallest absolute Gasteiger partial charge is 0.241 e. The van der Waals surface area contributed by atoms with Crippen molar-refractivity contribution in [2.24, 2.45) is 0 Å². The molecule has 6 nitrogen and oxygen atoms in total. The molecule has 0 unspecified atom stereocenters. The molecular weight excluding hydrogens is 356 g/mol. The van der Waals surface area contributed by atoms with Crippen LogP contribution in [0.2, 0.25) is 0 Å². The minimum Gasteiger partial charge on any atom is -0.495 e. The van der Waals surface area contributed by atoms with Crippen molar-refractivity contribution in [2.45, 2.75) is 39.8 Å². The highest BCUT2D eigenvalue weighted by Crippen LogP contribution is 2.31. The number of anilines is 1. The predicted molar refractivity (Wildman–Crippen MR) is 111 cm³/mol. The maximum Gasteiger partial charge on any atom is 0.241 e. The molecule has 0 aliphatic carbocycles. The molecular formula is C22H30N2O4. The van der Waals surface area contributed by atoms with Gasteiger partial charge in [0.25, 0.3) is 0 Å². The molecule has 0 radical (unpaired) electrons. The van der Waals surface area contributed by atoms with Gasteiger partial charge in [-0.1, -0.05) is 18.2 Å². The second-order valence-corrected chi connectivity index (χ2v) is 6.37. The van der Waals surface area contributed by atoms with Crippen LogP contribution in [0.5, 0.6) is 17.2 Å². The third kappa shape index (κ3) is 5.63. The molecule has 2 atom stereocenters. The average Bonchev–Trinajstić information content (AvgIpc) is 2.69. The summed E-state index contributed by atoms with van der Waals surface area (Å²) in [4.78, 5) is 12.6. The average molecular weight is 386 g/mol. The standard InChI is InChI=1S/C22H30N2O4/c1-6-27-20-13-12-17(14-21(20)28-7-2)15(3)23-16(4)22(25)24-18-10-8-9-11-19(18)26-5/h8-16,23H,6-7H2,1-5H3,(H,24,25)/t15-,16+/m0/s1. The first kappa shape index (κ1) is 21.6. The van der Waals surface area contributed by atoms with E-state index in [-0.39, 0.29) is 11.9 Å². The molecule has 2 aromatic carbocycles. The number of nitrogens with one attached hydrogen (secondary N) is 2. The molecule has 152 valence electrons. The number of benzene rings is 2. The molecule has 0 saturated carbocycles. The lowest BCUT2D eigenvalue weighted by Gasteiger charge is -2.21. The Hall–Kier alpha value is -2.73. The van der Waals surface area contributed by atoms with Crippen LogP contribution in [-0.2, 0) is 4.79 Å². The van der Waals surface area contributed by atoms with Gasteiger partial charge in [-0.25, -0.2) is 0 Å². The summed E-state index contributed by atoms with van der Waals surface area (Å²) in [5.41, 5.74) is 1.67. The summed E-state index contributed by atoms with van der Waals surface area (Å²) < 4.78 is 16.6.